The second-order valence-corrected chi connectivity index (χ2v) is 5.80. The van der Waals surface area contributed by atoms with Crippen molar-refractivity contribution in [2.75, 3.05) is 0 Å². The fourth-order valence-electron chi connectivity index (χ4n) is 2.36. The zero-order chi connectivity index (χ0) is 12.8. The molecule has 0 spiro atoms. The highest BCUT2D eigenvalue weighted by Gasteiger charge is 2.19. The summed E-state index contributed by atoms with van der Waals surface area (Å²) in [4.78, 5) is 8.87. The van der Waals surface area contributed by atoms with E-state index in [1.54, 1.807) is 0 Å². The molecule has 17 heavy (non-hydrogen) atoms. The van der Waals surface area contributed by atoms with Gasteiger partial charge in [0.05, 0.1) is 5.52 Å². The topological polar surface area (TPSA) is 25.8 Å². The smallest absolute Gasteiger partial charge is 0.125 e. The molecule has 0 bridgehead atoms. The lowest BCUT2D eigenvalue weighted by Crippen LogP contribution is -2.14. The van der Waals surface area contributed by atoms with Crippen molar-refractivity contribution in [3.8, 4) is 0 Å². The van der Waals surface area contributed by atoms with Gasteiger partial charge in [0.1, 0.15) is 5.82 Å². The summed E-state index contributed by atoms with van der Waals surface area (Å²) >= 11 is 0. The molecule has 0 saturated heterocycles. The van der Waals surface area contributed by atoms with E-state index in [9.17, 15) is 0 Å². The Morgan fingerprint density at radius 1 is 1.06 bits per heavy atom. The monoisotopic (exact) mass is 228 g/mol. The van der Waals surface area contributed by atoms with Gasteiger partial charge in [-0.3, -0.25) is 0 Å². The maximum absolute atomic E-state index is 4.55. The Balaban J connectivity index is 2.86. The number of nitrogens with zero attached hydrogens (tertiary/aromatic N) is 2. The van der Waals surface area contributed by atoms with Crippen molar-refractivity contribution >= 4 is 10.9 Å². The maximum Gasteiger partial charge on any atom is 0.125 e. The molecule has 90 valence electrons. The Morgan fingerprint density at radius 3 is 2.29 bits per heavy atom. The van der Waals surface area contributed by atoms with E-state index in [2.05, 4.69) is 50.7 Å². The average molecular weight is 228 g/mol. The van der Waals surface area contributed by atoms with Crippen LogP contribution >= 0.6 is 0 Å². The van der Waals surface area contributed by atoms with E-state index >= 15 is 0 Å². The minimum atomic E-state index is 0.161. The second-order valence-electron chi connectivity index (χ2n) is 5.80. The third-order valence-electron chi connectivity index (χ3n) is 3.26. The van der Waals surface area contributed by atoms with Crippen LogP contribution in [0.4, 0.5) is 0 Å². The number of rotatable bonds is 0. The normalized spacial score (nSPS) is 12.1. The zero-order valence-electron chi connectivity index (χ0n) is 11.5. The number of fused-ring (bicyclic) bond motifs is 1. The van der Waals surface area contributed by atoms with E-state index in [0.717, 1.165) is 11.3 Å². The lowest BCUT2D eigenvalue weighted by atomic mass is 9.82. The molecule has 1 aromatic heterocycles. The molecule has 1 aromatic carbocycles. The first-order valence-corrected chi connectivity index (χ1v) is 6.05. The predicted octanol–water partition coefficient (Wildman–Crippen LogP) is 3.85. The maximum atomic E-state index is 4.55. The lowest BCUT2D eigenvalue weighted by Gasteiger charge is -2.23. The van der Waals surface area contributed by atoms with Crippen molar-refractivity contribution in [2.45, 2.75) is 47.0 Å². The molecule has 2 rings (SSSR count). The van der Waals surface area contributed by atoms with E-state index in [4.69, 9.17) is 0 Å². The minimum absolute atomic E-state index is 0.161. The highest BCUT2D eigenvalue weighted by molar-refractivity contribution is 5.85. The van der Waals surface area contributed by atoms with Gasteiger partial charge in [-0.2, -0.15) is 0 Å². The standard InChI is InChI=1S/C15H20N2/c1-9-7-13(15(4,5)6)10(2)12-8-16-11(3)17-14(9)12/h7-8H,1-6H3. The van der Waals surface area contributed by atoms with Crippen molar-refractivity contribution in [1.82, 2.24) is 9.97 Å². The van der Waals surface area contributed by atoms with Crippen molar-refractivity contribution in [3.63, 3.8) is 0 Å². The van der Waals surface area contributed by atoms with Gasteiger partial charge < -0.3 is 0 Å². The summed E-state index contributed by atoms with van der Waals surface area (Å²) in [5, 5.41) is 1.18. The van der Waals surface area contributed by atoms with Crippen LogP contribution in [-0.2, 0) is 5.41 Å². The summed E-state index contributed by atoms with van der Waals surface area (Å²) < 4.78 is 0. The molecule has 0 atom stereocenters. The summed E-state index contributed by atoms with van der Waals surface area (Å²) in [6, 6.07) is 2.27. The average Bonchev–Trinajstić information content (AvgIpc) is 2.21. The Kier molecular flexibility index (Phi) is 2.69. The molecule has 0 aliphatic rings. The Bertz CT molecular complexity index is 577. The van der Waals surface area contributed by atoms with E-state index < -0.39 is 0 Å². The van der Waals surface area contributed by atoms with Crippen LogP contribution in [0, 0.1) is 20.8 Å². The van der Waals surface area contributed by atoms with Crippen LogP contribution in [0.5, 0.6) is 0 Å². The van der Waals surface area contributed by atoms with Crippen LogP contribution in [-0.4, -0.2) is 9.97 Å². The third-order valence-corrected chi connectivity index (χ3v) is 3.26. The van der Waals surface area contributed by atoms with Gasteiger partial charge in [0.25, 0.3) is 0 Å². The molecule has 0 radical (unpaired) electrons. The number of hydrogen-bond acceptors (Lipinski definition) is 2. The van der Waals surface area contributed by atoms with Gasteiger partial charge in [-0.05, 0) is 42.9 Å². The van der Waals surface area contributed by atoms with E-state index in [1.165, 1.54) is 22.1 Å². The molecule has 2 nitrogen and oxygen atoms in total. The summed E-state index contributed by atoms with van der Waals surface area (Å²) in [5.41, 5.74) is 5.17. The van der Waals surface area contributed by atoms with Crippen molar-refractivity contribution in [2.24, 2.45) is 0 Å². The quantitative estimate of drug-likeness (QED) is 0.684. The highest BCUT2D eigenvalue weighted by atomic mass is 14.9. The first-order valence-electron chi connectivity index (χ1n) is 6.05. The molecular weight excluding hydrogens is 208 g/mol. The fourth-order valence-corrected chi connectivity index (χ4v) is 2.36. The van der Waals surface area contributed by atoms with Crippen LogP contribution < -0.4 is 0 Å². The third kappa shape index (κ3) is 2.04. The molecule has 0 unspecified atom stereocenters. The van der Waals surface area contributed by atoms with Crippen molar-refractivity contribution < 1.29 is 0 Å². The van der Waals surface area contributed by atoms with Gasteiger partial charge in [0.2, 0.25) is 0 Å². The molecule has 0 fully saturated rings. The van der Waals surface area contributed by atoms with Gasteiger partial charge >= 0.3 is 0 Å². The van der Waals surface area contributed by atoms with E-state index in [1.807, 2.05) is 13.1 Å². The minimum Gasteiger partial charge on any atom is -0.241 e. The van der Waals surface area contributed by atoms with Crippen LogP contribution in [0.3, 0.4) is 0 Å². The Hall–Kier alpha value is -1.44. The van der Waals surface area contributed by atoms with Crippen LogP contribution in [0.1, 0.15) is 43.3 Å². The van der Waals surface area contributed by atoms with Gasteiger partial charge in [-0.1, -0.05) is 26.8 Å². The lowest BCUT2D eigenvalue weighted by molar-refractivity contribution is 0.586. The molecule has 0 aliphatic heterocycles. The first-order chi connectivity index (χ1) is 7.80. The summed E-state index contributed by atoms with van der Waals surface area (Å²) in [6.07, 6.45) is 1.95. The van der Waals surface area contributed by atoms with E-state index in [0.29, 0.717) is 0 Å². The molecule has 2 aromatic rings. The Labute approximate surface area is 103 Å². The van der Waals surface area contributed by atoms with Crippen LogP contribution in [0.25, 0.3) is 10.9 Å². The summed E-state index contributed by atoms with van der Waals surface area (Å²) in [6.45, 7) is 13.0. The van der Waals surface area contributed by atoms with Gasteiger partial charge in [0.15, 0.2) is 0 Å². The second kappa shape index (κ2) is 3.80. The molecule has 1 heterocycles. The van der Waals surface area contributed by atoms with Gasteiger partial charge in [0, 0.05) is 11.6 Å². The van der Waals surface area contributed by atoms with Gasteiger partial charge in [-0.25, -0.2) is 9.97 Å². The SMILES string of the molecule is Cc1ncc2c(C)c(C(C)(C)C)cc(C)c2n1. The molecule has 0 N–H and O–H groups in total. The van der Waals surface area contributed by atoms with Crippen molar-refractivity contribution in [3.05, 3.63) is 34.8 Å². The highest BCUT2D eigenvalue weighted by Crippen LogP contribution is 2.31. The number of hydrogen-bond donors (Lipinski definition) is 0. The summed E-state index contributed by atoms with van der Waals surface area (Å²) in [7, 11) is 0. The van der Waals surface area contributed by atoms with Crippen LogP contribution in [0.2, 0.25) is 0 Å². The number of aromatic nitrogens is 2. The molecular formula is C15H20N2. The number of benzene rings is 1. The summed E-state index contributed by atoms with van der Waals surface area (Å²) in [5.74, 6) is 0.837. The molecule has 0 saturated carbocycles. The Morgan fingerprint density at radius 2 is 1.71 bits per heavy atom. The zero-order valence-corrected chi connectivity index (χ0v) is 11.5. The predicted molar refractivity (Wildman–Crippen MR) is 72.4 cm³/mol. The molecule has 0 aliphatic carbocycles. The number of aryl methyl sites for hydroxylation is 3. The molecule has 0 amide bonds. The van der Waals surface area contributed by atoms with Crippen LogP contribution in [0.15, 0.2) is 12.3 Å². The van der Waals surface area contributed by atoms with Gasteiger partial charge in [-0.15, -0.1) is 0 Å². The van der Waals surface area contributed by atoms with E-state index in [-0.39, 0.29) is 5.41 Å². The fraction of sp³-hybridized carbons (Fsp3) is 0.467. The first kappa shape index (κ1) is 12.0. The van der Waals surface area contributed by atoms with Crippen molar-refractivity contribution in [1.29, 1.82) is 0 Å². The largest absolute Gasteiger partial charge is 0.241 e. The molecule has 2 heteroatoms.